The standard InChI is InChI=1S/C20H21N3O2S/c1-14(2)23-17(9-11-22-23)20-15(6-5-10-21-20)13-26-19-8-4-7-18(25-3)16(19)12-24/h4-12,14H,13H2,1-3H3. The largest absolute Gasteiger partial charge is 0.496 e. The first-order valence-corrected chi connectivity index (χ1v) is 9.37. The van der Waals surface area contributed by atoms with Gasteiger partial charge in [-0.3, -0.25) is 14.5 Å². The molecule has 26 heavy (non-hydrogen) atoms. The van der Waals surface area contributed by atoms with Gasteiger partial charge in [0.15, 0.2) is 6.29 Å². The topological polar surface area (TPSA) is 57.0 Å². The summed E-state index contributed by atoms with van der Waals surface area (Å²) < 4.78 is 7.26. The number of aldehydes is 1. The highest BCUT2D eigenvalue weighted by Gasteiger charge is 2.15. The Kier molecular flexibility index (Phi) is 5.73. The zero-order chi connectivity index (χ0) is 18.5. The summed E-state index contributed by atoms with van der Waals surface area (Å²) in [5.41, 5.74) is 3.59. The Balaban J connectivity index is 1.91. The van der Waals surface area contributed by atoms with Crippen molar-refractivity contribution in [2.75, 3.05) is 7.11 Å². The Hall–Kier alpha value is -2.60. The minimum absolute atomic E-state index is 0.252. The molecule has 0 spiro atoms. The highest BCUT2D eigenvalue weighted by molar-refractivity contribution is 7.98. The number of hydrogen-bond acceptors (Lipinski definition) is 5. The molecule has 0 fully saturated rings. The maximum Gasteiger partial charge on any atom is 0.154 e. The lowest BCUT2D eigenvalue weighted by Gasteiger charge is -2.14. The van der Waals surface area contributed by atoms with Gasteiger partial charge in [0.2, 0.25) is 0 Å². The second-order valence-corrected chi connectivity index (χ2v) is 7.06. The van der Waals surface area contributed by atoms with Gasteiger partial charge in [0.05, 0.1) is 24.1 Å². The Morgan fingerprint density at radius 2 is 2.04 bits per heavy atom. The van der Waals surface area contributed by atoms with Gasteiger partial charge in [-0.25, -0.2) is 0 Å². The van der Waals surface area contributed by atoms with Gasteiger partial charge in [0, 0.05) is 29.1 Å². The molecule has 3 rings (SSSR count). The molecule has 0 saturated heterocycles. The Morgan fingerprint density at radius 3 is 2.77 bits per heavy atom. The smallest absolute Gasteiger partial charge is 0.154 e. The number of ether oxygens (including phenoxy) is 1. The number of rotatable bonds is 7. The molecule has 3 aromatic rings. The van der Waals surface area contributed by atoms with Gasteiger partial charge in [-0.1, -0.05) is 12.1 Å². The van der Waals surface area contributed by atoms with Crippen LogP contribution < -0.4 is 4.74 Å². The van der Waals surface area contributed by atoms with Gasteiger partial charge >= 0.3 is 0 Å². The second kappa shape index (κ2) is 8.19. The number of aromatic nitrogens is 3. The number of carbonyl (C=O) groups is 1. The number of thioether (sulfide) groups is 1. The van der Waals surface area contributed by atoms with Crippen LogP contribution in [0.1, 0.15) is 35.8 Å². The van der Waals surface area contributed by atoms with Gasteiger partial charge in [-0.15, -0.1) is 11.8 Å². The van der Waals surface area contributed by atoms with Crippen LogP contribution in [-0.4, -0.2) is 28.2 Å². The van der Waals surface area contributed by atoms with E-state index >= 15 is 0 Å². The monoisotopic (exact) mass is 367 g/mol. The summed E-state index contributed by atoms with van der Waals surface area (Å²) in [6.45, 7) is 4.20. The van der Waals surface area contributed by atoms with Crippen molar-refractivity contribution >= 4 is 18.0 Å². The lowest BCUT2D eigenvalue weighted by Crippen LogP contribution is -2.06. The van der Waals surface area contributed by atoms with Crippen LogP contribution in [0.25, 0.3) is 11.4 Å². The molecule has 6 heteroatoms. The summed E-state index contributed by atoms with van der Waals surface area (Å²) in [6, 6.07) is 11.9. The van der Waals surface area contributed by atoms with Crippen LogP contribution in [0.15, 0.2) is 53.7 Å². The van der Waals surface area contributed by atoms with E-state index in [0.29, 0.717) is 17.1 Å². The normalized spacial score (nSPS) is 10.9. The lowest BCUT2D eigenvalue weighted by atomic mass is 10.1. The van der Waals surface area contributed by atoms with E-state index in [2.05, 4.69) is 30.0 Å². The highest BCUT2D eigenvalue weighted by atomic mass is 32.2. The van der Waals surface area contributed by atoms with Crippen molar-refractivity contribution in [2.24, 2.45) is 0 Å². The van der Waals surface area contributed by atoms with E-state index in [9.17, 15) is 4.79 Å². The summed E-state index contributed by atoms with van der Waals surface area (Å²) in [7, 11) is 1.57. The van der Waals surface area contributed by atoms with Crippen LogP contribution in [-0.2, 0) is 5.75 Å². The molecule has 0 N–H and O–H groups in total. The van der Waals surface area contributed by atoms with E-state index in [0.717, 1.165) is 28.1 Å². The minimum atomic E-state index is 0.252. The molecule has 0 bridgehead atoms. The van der Waals surface area contributed by atoms with E-state index in [-0.39, 0.29) is 6.04 Å². The number of pyridine rings is 1. The average molecular weight is 367 g/mol. The van der Waals surface area contributed by atoms with Crippen molar-refractivity contribution in [1.29, 1.82) is 0 Å². The third-order valence-corrected chi connectivity index (χ3v) is 5.16. The lowest BCUT2D eigenvalue weighted by molar-refractivity contribution is 0.111. The molecule has 1 aromatic carbocycles. The van der Waals surface area contributed by atoms with Crippen molar-refractivity contribution in [1.82, 2.24) is 14.8 Å². The first-order valence-electron chi connectivity index (χ1n) is 8.38. The first-order chi connectivity index (χ1) is 12.7. The molecule has 2 aromatic heterocycles. The molecule has 0 aliphatic heterocycles. The molecule has 134 valence electrons. The highest BCUT2D eigenvalue weighted by Crippen LogP contribution is 2.33. The van der Waals surface area contributed by atoms with Crippen LogP contribution in [0.5, 0.6) is 5.75 Å². The van der Waals surface area contributed by atoms with Gasteiger partial charge in [0.1, 0.15) is 5.75 Å². The van der Waals surface area contributed by atoms with E-state index in [1.54, 1.807) is 37.3 Å². The molecular formula is C20H21N3O2S. The van der Waals surface area contributed by atoms with Crippen molar-refractivity contribution in [3.8, 4) is 17.1 Å². The molecule has 0 atom stereocenters. The predicted octanol–water partition coefficient (Wildman–Crippen LogP) is 4.64. The van der Waals surface area contributed by atoms with E-state index in [1.807, 2.05) is 28.9 Å². The molecule has 0 radical (unpaired) electrons. The van der Waals surface area contributed by atoms with Crippen LogP contribution in [0, 0.1) is 0 Å². The summed E-state index contributed by atoms with van der Waals surface area (Å²) in [5.74, 6) is 1.29. The van der Waals surface area contributed by atoms with E-state index in [1.165, 1.54) is 0 Å². The predicted molar refractivity (Wildman–Crippen MR) is 104 cm³/mol. The number of hydrogen-bond donors (Lipinski definition) is 0. The maximum absolute atomic E-state index is 11.5. The fourth-order valence-corrected chi connectivity index (χ4v) is 3.82. The minimum Gasteiger partial charge on any atom is -0.496 e. The SMILES string of the molecule is COc1cccc(SCc2cccnc2-c2ccnn2C(C)C)c1C=O. The first kappa shape index (κ1) is 18.2. The van der Waals surface area contributed by atoms with Crippen molar-refractivity contribution < 1.29 is 9.53 Å². The molecule has 5 nitrogen and oxygen atoms in total. The fourth-order valence-electron chi connectivity index (χ4n) is 2.80. The fraction of sp³-hybridized carbons (Fsp3) is 0.250. The summed E-state index contributed by atoms with van der Waals surface area (Å²) in [6.07, 6.45) is 4.44. The zero-order valence-electron chi connectivity index (χ0n) is 15.0. The molecule has 0 amide bonds. The maximum atomic E-state index is 11.5. The average Bonchev–Trinajstić information content (AvgIpc) is 3.16. The molecule has 0 aliphatic rings. The van der Waals surface area contributed by atoms with Crippen LogP contribution in [0.3, 0.4) is 0 Å². The van der Waals surface area contributed by atoms with Gasteiger partial charge in [-0.2, -0.15) is 5.10 Å². The van der Waals surface area contributed by atoms with Gasteiger partial charge in [-0.05, 0) is 43.7 Å². The quantitative estimate of drug-likeness (QED) is 0.450. The zero-order valence-corrected chi connectivity index (χ0v) is 15.9. The van der Waals surface area contributed by atoms with Crippen LogP contribution >= 0.6 is 11.8 Å². The molecule has 2 heterocycles. The molecule has 0 unspecified atom stereocenters. The molecule has 0 aliphatic carbocycles. The third-order valence-electron chi connectivity index (χ3n) is 4.04. The number of nitrogens with zero attached hydrogens (tertiary/aromatic N) is 3. The second-order valence-electron chi connectivity index (χ2n) is 6.04. The van der Waals surface area contributed by atoms with Crippen molar-refractivity contribution in [3.05, 3.63) is 59.9 Å². The van der Waals surface area contributed by atoms with E-state index in [4.69, 9.17) is 4.74 Å². The van der Waals surface area contributed by atoms with Crippen LogP contribution in [0.4, 0.5) is 0 Å². The van der Waals surface area contributed by atoms with Crippen molar-refractivity contribution in [3.63, 3.8) is 0 Å². The molecular weight excluding hydrogens is 346 g/mol. The third kappa shape index (κ3) is 3.65. The molecule has 0 saturated carbocycles. The van der Waals surface area contributed by atoms with Crippen LogP contribution in [0.2, 0.25) is 0 Å². The summed E-state index contributed by atoms with van der Waals surface area (Å²) in [4.78, 5) is 17.0. The van der Waals surface area contributed by atoms with E-state index < -0.39 is 0 Å². The summed E-state index contributed by atoms with van der Waals surface area (Å²) >= 11 is 1.60. The number of benzene rings is 1. The Bertz CT molecular complexity index is 906. The van der Waals surface area contributed by atoms with Gasteiger partial charge in [0.25, 0.3) is 0 Å². The number of methoxy groups -OCH3 is 1. The summed E-state index contributed by atoms with van der Waals surface area (Å²) in [5, 5.41) is 4.41. The number of carbonyl (C=O) groups excluding carboxylic acids is 1. The Morgan fingerprint density at radius 1 is 1.19 bits per heavy atom. The van der Waals surface area contributed by atoms with Gasteiger partial charge < -0.3 is 4.74 Å². The van der Waals surface area contributed by atoms with Crippen molar-refractivity contribution in [2.45, 2.75) is 30.5 Å². The Labute approximate surface area is 157 Å².